The van der Waals surface area contributed by atoms with Crippen molar-refractivity contribution in [2.45, 2.75) is 51.6 Å². The van der Waals surface area contributed by atoms with Crippen LogP contribution in [0.5, 0.6) is 5.75 Å². The quantitative estimate of drug-likeness (QED) is 0.671. The van der Waals surface area contributed by atoms with Crippen LogP contribution in [0.1, 0.15) is 55.1 Å². The monoisotopic (exact) mass is 486 g/mol. The number of imidazole rings is 1. The highest BCUT2D eigenvalue weighted by atomic mass is 79.9. The second-order valence-electron chi connectivity index (χ2n) is 8.34. The standard InChI is InChI=1S/C22H27BrN6O2/c1-2-27-20(31)18-19(28-11-10-24-22(27)28)26-21(25-15-6-4-3-5-7-15)29(18)13-14-8-9-17(30)16(23)12-14/h8-9,12,15,30H,2-7,10-11,13H2,1H3,(H,25,26). The largest absolute Gasteiger partial charge is 0.507 e. The zero-order valence-corrected chi connectivity index (χ0v) is 19.2. The molecule has 31 heavy (non-hydrogen) atoms. The fraction of sp³-hybridized carbons (Fsp3) is 0.500. The Morgan fingerprint density at radius 1 is 1.26 bits per heavy atom. The number of phenols is 1. The van der Waals surface area contributed by atoms with E-state index in [1.165, 1.54) is 19.3 Å². The molecule has 5 rings (SSSR count). The van der Waals surface area contributed by atoms with Crippen molar-refractivity contribution in [2.75, 3.05) is 29.9 Å². The summed E-state index contributed by atoms with van der Waals surface area (Å²) >= 11 is 3.40. The van der Waals surface area contributed by atoms with Gasteiger partial charge in [0.2, 0.25) is 11.9 Å². The van der Waals surface area contributed by atoms with E-state index >= 15 is 0 Å². The number of rotatable bonds is 5. The van der Waals surface area contributed by atoms with E-state index in [-0.39, 0.29) is 11.7 Å². The summed E-state index contributed by atoms with van der Waals surface area (Å²) in [7, 11) is 0. The fourth-order valence-electron chi connectivity index (χ4n) is 4.74. The number of guanidine groups is 1. The molecule has 0 atom stereocenters. The molecule has 1 saturated carbocycles. The zero-order chi connectivity index (χ0) is 21.5. The maximum atomic E-state index is 13.5. The number of aromatic hydroxyl groups is 1. The van der Waals surface area contributed by atoms with Crippen LogP contribution in [0, 0.1) is 0 Å². The van der Waals surface area contributed by atoms with Crippen LogP contribution in [0.4, 0.5) is 11.8 Å². The van der Waals surface area contributed by atoms with Crippen molar-refractivity contribution in [3.8, 4) is 5.75 Å². The van der Waals surface area contributed by atoms with Gasteiger partial charge in [-0.3, -0.25) is 24.2 Å². The van der Waals surface area contributed by atoms with Crippen LogP contribution in [0.15, 0.2) is 27.7 Å². The van der Waals surface area contributed by atoms with Gasteiger partial charge in [-0.05, 0) is 53.4 Å². The van der Waals surface area contributed by atoms with Crippen molar-refractivity contribution in [3.05, 3.63) is 33.9 Å². The van der Waals surface area contributed by atoms with Gasteiger partial charge < -0.3 is 10.4 Å². The first-order valence-electron chi connectivity index (χ1n) is 11.0. The minimum Gasteiger partial charge on any atom is -0.507 e. The number of aliphatic imine (C=N–C) groups is 1. The first-order valence-corrected chi connectivity index (χ1v) is 11.8. The molecule has 0 bridgehead atoms. The van der Waals surface area contributed by atoms with E-state index in [0.717, 1.165) is 30.9 Å². The molecule has 0 spiro atoms. The Labute approximate surface area is 190 Å². The number of phenolic OH excluding ortho intramolecular Hbond substituents is 1. The van der Waals surface area contributed by atoms with Crippen molar-refractivity contribution < 1.29 is 9.90 Å². The number of benzene rings is 1. The molecule has 9 heteroatoms. The summed E-state index contributed by atoms with van der Waals surface area (Å²) in [5, 5.41) is 13.5. The Bertz CT molecular complexity index is 1040. The van der Waals surface area contributed by atoms with E-state index in [1.807, 2.05) is 23.6 Å². The van der Waals surface area contributed by atoms with E-state index in [2.05, 4.69) is 31.1 Å². The van der Waals surface area contributed by atoms with Gasteiger partial charge in [-0.15, -0.1) is 0 Å². The highest BCUT2D eigenvalue weighted by molar-refractivity contribution is 9.10. The molecule has 0 saturated heterocycles. The van der Waals surface area contributed by atoms with Crippen LogP contribution in [0.3, 0.4) is 0 Å². The molecule has 3 heterocycles. The van der Waals surface area contributed by atoms with Crippen LogP contribution in [-0.2, 0) is 6.54 Å². The summed E-state index contributed by atoms with van der Waals surface area (Å²) in [4.78, 5) is 26.8. The molecule has 1 aliphatic carbocycles. The van der Waals surface area contributed by atoms with Crippen molar-refractivity contribution in [1.82, 2.24) is 14.5 Å². The second kappa shape index (κ2) is 8.18. The topological polar surface area (TPSA) is 86.0 Å². The van der Waals surface area contributed by atoms with Gasteiger partial charge in [0.25, 0.3) is 5.91 Å². The van der Waals surface area contributed by atoms with Gasteiger partial charge in [0.05, 0.1) is 17.6 Å². The number of nitrogens with zero attached hydrogens (tertiary/aromatic N) is 5. The number of amides is 1. The van der Waals surface area contributed by atoms with Crippen molar-refractivity contribution >= 4 is 39.6 Å². The molecule has 2 aliphatic heterocycles. The van der Waals surface area contributed by atoms with Gasteiger partial charge >= 0.3 is 0 Å². The Kier molecular flexibility index (Phi) is 5.37. The molecular weight excluding hydrogens is 460 g/mol. The zero-order valence-electron chi connectivity index (χ0n) is 17.6. The first kappa shape index (κ1) is 20.4. The summed E-state index contributed by atoms with van der Waals surface area (Å²) in [5.41, 5.74) is 1.58. The molecule has 164 valence electrons. The molecule has 1 amide bonds. The fourth-order valence-corrected chi connectivity index (χ4v) is 5.16. The number of aromatic nitrogens is 2. The van der Waals surface area contributed by atoms with Gasteiger partial charge in [-0.2, -0.15) is 4.98 Å². The summed E-state index contributed by atoms with van der Waals surface area (Å²) in [6.07, 6.45) is 5.95. The van der Waals surface area contributed by atoms with Crippen LogP contribution < -0.4 is 10.2 Å². The molecule has 1 aromatic heterocycles. The molecular formula is C22H27BrN6O2. The third kappa shape index (κ3) is 3.58. The second-order valence-corrected chi connectivity index (χ2v) is 9.20. The highest BCUT2D eigenvalue weighted by Gasteiger charge is 2.41. The summed E-state index contributed by atoms with van der Waals surface area (Å²) < 4.78 is 2.64. The van der Waals surface area contributed by atoms with E-state index in [0.29, 0.717) is 47.6 Å². The minimum absolute atomic E-state index is 0.0589. The Morgan fingerprint density at radius 2 is 2.06 bits per heavy atom. The van der Waals surface area contributed by atoms with Gasteiger partial charge in [-0.25, -0.2) is 0 Å². The average Bonchev–Trinajstić information content (AvgIpc) is 3.38. The number of anilines is 2. The number of halogens is 1. The van der Waals surface area contributed by atoms with E-state index in [4.69, 9.17) is 4.98 Å². The number of hydrogen-bond donors (Lipinski definition) is 2. The van der Waals surface area contributed by atoms with Crippen LogP contribution >= 0.6 is 15.9 Å². The van der Waals surface area contributed by atoms with Crippen molar-refractivity contribution in [2.24, 2.45) is 4.99 Å². The van der Waals surface area contributed by atoms with Crippen LogP contribution in [0.2, 0.25) is 0 Å². The normalized spacial score (nSPS) is 18.8. The maximum Gasteiger partial charge on any atom is 0.281 e. The summed E-state index contributed by atoms with van der Waals surface area (Å²) in [6.45, 7) is 4.42. The maximum absolute atomic E-state index is 13.5. The van der Waals surface area contributed by atoms with E-state index in [1.54, 1.807) is 11.0 Å². The SMILES string of the molecule is CCN1C(=O)c2c(nc(NC3CCCCC3)n2Cc2ccc(O)c(Br)c2)N2CCN=C12. The molecule has 8 nitrogen and oxygen atoms in total. The number of carbonyl (C=O) groups excluding carboxylic acids is 1. The predicted octanol–water partition coefficient (Wildman–Crippen LogP) is 3.80. The smallest absolute Gasteiger partial charge is 0.281 e. The molecule has 0 radical (unpaired) electrons. The van der Waals surface area contributed by atoms with Gasteiger partial charge in [0.1, 0.15) is 5.75 Å². The lowest BCUT2D eigenvalue weighted by Crippen LogP contribution is -2.50. The minimum atomic E-state index is -0.0589. The molecule has 2 N–H and O–H groups in total. The Balaban J connectivity index is 1.59. The van der Waals surface area contributed by atoms with Gasteiger partial charge in [-0.1, -0.05) is 25.3 Å². The van der Waals surface area contributed by atoms with Crippen molar-refractivity contribution in [3.63, 3.8) is 0 Å². The Hall–Kier alpha value is -2.55. The van der Waals surface area contributed by atoms with Crippen LogP contribution in [-0.4, -0.2) is 57.1 Å². The predicted molar refractivity (Wildman–Crippen MR) is 124 cm³/mol. The van der Waals surface area contributed by atoms with E-state index in [9.17, 15) is 9.90 Å². The lowest BCUT2D eigenvalue weighted by molar-refractivity contribution is 0.0836. The summed E-state index contributed by atoms with van der Waals surface area (Å²) in [6, 6.07) is 5.80. The van der Waals surface area contributed by atoms with Crippen LogP contribution in [0.25, 0.3) is 0 Å². The lowest BCUT2D eigenvalue weighted by atomic mass is 9.96. The van der Waals surface area contributed by atoms with E-state index < -0.39 is 0 Å². The number of fused-ring (bicyclic) bond motifs is 3. The number of carbonyl (C=O) groups is 1. The Morgan fingerprint density at radius 3 is 2.81 bits per heavy atom. The average molecular weight is 487 g/mol. The number of nitrogens with one attached hydrogen (secondary N) is 1. The van der Waals surface area contributed by atoms with Crippen molar-refractivity contribution in [1.29, 1.82) is 0 Å². The highest BCUT2D eigenvalue weighted by Crippen LogP contribution is 2.35. The molecule has 1 aromatic carbocycles. The third-order valence-electron chi connectivity index (χ3n) is 6.32. The first-order chi connectivity index (χ1) is 15.1. The summed E-state index contributed by atoms with van der Waals surface area (Å²) in [5.74, 6) is 2.28. The lowest BCUT2D eigenvalue weighted by Gasteiger charge is -2.32. The molecule has 3 aliphatic rings. The molecule has 0 unspecified atom stereocenters. The van der Waals surface area contributed by atoms with Gasteiger partial charge in [0.15, 0.2) is 11.5 Å². The molecule has 1 fully saturated rings. The van der Waals surface area contributed by atoms with Gasteiger partial charge in [0, 0.05) is 19.1 Å². The molecule has 2 aromatic rings. The number of hydrogen-bond acceptors (Lipinski definition) is 6. The third-order valence-corrected chi connectivity index (χ3v) is 6.95.